The highest BCUT2D eigenvalue weighted by Gasteiger charge is 2.27. The smallest absolute Gasteiger partial charge is 0.257 e. The summed E-state index contributed by atoms with van der Waals surface area (Å²) in [4.78, 5) is 14.4. The topological polar surface area (TPSA) is 50.2 Å². The monoisotopic (exact) mass is 264 g/mol. The first-order chi connectivity index (χ1) is 9.04. The quantitative estimate of drug-likeness (QED) is 0.896. The predicted molar refractivity (Wildman–Crippen MR) is 75.1 cm³/mol. The van der Waals surface area contributed by atoms with Crippen LogP contribution in [0.15, 0.2) is 6.20 Å². The molecule has 1 aliphatic carbocycles. The number of rotatable bonds is 3. The van der Waals surface area contributed by atoms with E-state index >= 15 is 0 Å². The summed E-state index contributed by atoms with van der Waals surface area (Å²) in [5, 5.41) is 7.47. The Labute approximate surface area is 115 Å². The summed E-state index contributed by atoms with van der Waals surface area (Å²) in [7, 11) is 5.79. The second-order valence-corrected chi connectivity index (χ2v) is 5.48. The number of aromatic nitrogens is 2. The van der Waals surface area contributed by atoms with Gasteiger partial charge in [0.2, 0.25) is 0 Å². The fraction of sp³-hybridized carbons (Fsp3) is 0.714. The number of nitrogens with zero attached hydrogens (tertiary/aromatic N) is 3. The van der Waals surface area contributed by atoms with E-state index in [0.717, 1.165) is 36.9 Å². The van der Waals surface area contributed by atoms with Gasteiger partial charge in [0, 0.05) is 31.9 Å². The van der Waals surface area contributed by atoms with E-state index in [1.165, 1.54) is 0 Å². The number of nitrogens with one attached hydrogen (secondary N) is 1. The van der Waals surface area contributed by atoms with Crippen LogP contribution < -0.4 is 5.32 Å². The van der Waals surface area contributed by atoms with Gasteiger partial charge in [-0.2, -0.15) is 5.10 Å². The molecule has 1 fully saturated rings. The third kappa shape index (κ3) is 2.81. The van der Waals surface area contributed by atoms with Gasteiger partial charge in [0.25, 0.3) is 5.91 Å². The highest BCUT2D eigenvalue weighted by Crippen LogP contribution is 2.23. The minimum atomic E-state index is 0.0958. The molecule has 5 nitrogen and oxygen atoms in total. The lowest BCUT2D eigenvalue weighted by Gasteiger charge is -2.34. The molecule has 0 unspecified atom stereocenters. The molecule has 0 saturated heterocycles. The Kier molecular flexibility index (Phi) is 4.24. The molecule has 0 aromatic carbocycles. The predicted octanol–water partition coefficient (Wildman–Crippen LogP) is 1.33. The van der Waals surface area contributed by atoms with Crippen molar-refractivity contribution >= 4 is 5.91 Å². The fourth-order valence-electron chi connectivity index (χ4n) is 2.82. The van der Waals surface area contributed by atoms with Crippen LogP contribution in [-0.4, -0.2) is 46.8 Å². The standard InChI is InChI=1S/C14H24N4O/c1-10-13(9-16-18(10)4)14(19)17(3)12-7-5-11(15-2)6-8-12/h9,11-12,15H,5-8H2,1-4H3. The first-order valence-corrected chi connectivity index (χ1v) is 6.97. The molecule has 1 aromatic heterocycles. The van der Waals surface area contributed by atoms with Crippen LogP contribution in [0.5, 0.6) is 0 Å². The van der Waals surface area contributed by atoms with Crippen LogP contribution in [0.3, 0.4) is 0 Å². The van der Waals surface area contributed by atoms with Crippen LogP contribution >= 0.6 is 0 Å². The molecular weight excluding hydrogens is 240 g/mol. The summed E-state index contributed by atoms with van der Waals surface area (Å²) in [6.45, 7) is 1.94. The van der Waals surface area contributed by atoms with Crippen molar-refractivity contribution in [2.45, 2.75) is 44.7 Å². The van der Waals surface area contributed by atoms with Gasteiger partial charge >= 0.3 is 0 Å². The molecule has 2 rings (SSSR count). The zero-order chi connectivity index (χ0) is 14.0. The minimum Gasteiger partial charge on any atom is -0.339 e. The molecule has 0 radical (unpaired) electrons. The molecule has 1 aromatic rings. The normalized spacial score (nSPS) is 23.4. The van der Waals surface area contributed by atoms with Gasteiger partial charge in [-0.25, -0.2) is 0 Å². The SMILES string of the molecule is CNC1CCC(N(C)C(=O)c2cnn(C)c2C)CC1. The van der Waals surface area contributed by atoms with Gasteiger partial charge < -0.3 is 10.2 Å². The van der Waals surface area contributed by atoms with Gasteiger partial charge in [0.1, 0.15) is 0 Å². The Morgan fingerprint density at radius 1 is 1.42 bits per heavy atom. The average Bonchev–Trinajstić information content (AvgIpc) is 2.77. The molecule has 1 heterocycles. The second kappa shape index (κ2) is 5.74. The van der Waals surface area contributed by atoms with Gasteiger partial charge in [0.05, 0.1) is 11.8 Å². The number of carbonyl (C=O) groups excluding carboxylic acids is 1. The summed E-state index contributed by atoms with van der Waals surface area (Å²) in [6, 6.07) is 0.969. The average molecular weight is 264 g/mol. The molecule has 0 spiro atoms. The highest BCUT2D eigenvalue weighted by molar-refractivity contribution is 5.95. The van der Waals surface area contributed by atoms with Crippen molar-refractivity contribution in [1.82, 2.24) is 20.0 Å². The number of aryl methyl sites for hydroxylation is 1. The van der Waals surface area contributed by atoms with Crippen molar-refractivity contribution < 1.29 is 4.79 Å². The van der Waals surface area contributed by atoms with E-state index in [4.69, 9.17) is 0 Å². The maximum Gasteiger partial charge on any atom is 0.257 e. The van der Waals surface area contributed by atoms with Gasteiger partial charge in [-0.3, -0.25) is 9.48 Å². The van der Waals surface area contributed by atoms with Crippen LogP contribution in [0.1, 0.15) is 41.7 Å². The number of amides is 1. The summed E-state index contributed by atoms with van der Waals surface area (Å²) in [6.07, 6.45) is 6.11. The lowest BCUT2D eigenvalue weighted by molar-refractivity contribution is 0.0685. The van der Waals surface area contributed by atoms with Gasteiger partial charge in [-0.05, 0) is 39.7 Å². The summed E-state index contributed by atoms with van der Waals surface area (Å²) in [5.74, 6) is 0.0958. The molecule has 1 N–H and O–H groups in total. The maximum absolute atomic E-state index is 12.5. The van der Waals surface area contributed by atoms with Gasteiger partial charge in [-0.1, -0.05) is 0 Å². The van der Waals surface area contributed by atoms with Crippen molar-refractivity contribution in [3.05, 3.63) is 17.5 Å². The Bertz CT molecular complexity index is 446. The lowest BCUT2D eigenvalue weighted by Crippen LogP contribution is -2.42. The fourth-order valence-corrected chi connectivity index (χ4v) is 2.82. The zero-order valence-corrected chi connectivity index (χ0v) is 12.3. The van der Waals surface area contributed by atoms with Crippen LogP contribution in [0, 0.1) is 6.92 Å². The highest BCUT2D eigenvalue weighted by atomic mass is 16.2. The van der Waals surface area contributed by atoms with E-state index in [1.807, 2.05) is 33.0 Å². The molecule has 1 aliphatic rings. The van der Waals surface area contributed by atoms with E-state index in [2.05, 4.69) is 10.4 Å². The van der Waals surface area contributed by atoms with Crippen molar-refractivity contribution in [3.8, 4) is 0 Å². The third-order valence-corrected chi connectivity index (χ3v) is 4.44. The van der Waals surface area contributed by atoms with Crippen LogP contribution in [-0.2, 0) is 7.05 Å². The molecular formula is C14H24N4O. The van der Waals surface area contributed by atoms with E-state index in [9.17, 15) is 4.79 Å². The lowest BCUT2D eigenvalue weighted by atomic mass is 9.90. The molecule has 106 valence electrons. The summed E-state index contributed by atoms with van der Waals surface area (Å²) >= 11 is 0. The van der Waals surface area contributed by atoms with E-state index < -0.39 is 0 Å². The Balaban J connectivity index is 2.02. The van der Waals surface area contributed by atoms with Crippen LogP contribution in [0.2, 0.25) is 0 Å². The largest absolute Gasteiger partial charge is 0.339 e. The number of carbonyl (C=O) groups is 1. The number of hydrogen-bond acceptors (Lipinski definition) is 3. The Morgan fingerprint density at radius 3 is 2.53 bits per heavy atom. The third-order valence-electron chi connectivity index (χ3n) is 4.44. The molecule has 5 heteroatoms. The molecule has 1 amide bonds. The molecule has 0 bridgehead atoms. The van der Waals surface area contributed by atoms with Crippen LogP contribution in [0.4, 0.5) is 0 Å². The number of hydrogen-bond donors (Lipinski definition) is 1. The first kappa shape index (κ1) is 14.1. The van der Waals surface area contributed by atoms with Gasteiger partial charge in [0.15, 0.2) is 0 Å². The van der Waals surface area contributed by atoms with Gasteiger partial charge in [-0.15, -0.1) is 0 Å². The second-order valence-electron chi connectivity index (χ2n) is 5.48. The Morgan fingerprint density at radius 2 is 2.05 bits per heavy atom. The molecule has 0 atom stereocenters. The van der Waals surface area contributed by atoms with Crippen molar-refractivity contribution in [2.75, 3.05) is 14.1 Å². The van der Waals surface area contributed by atoms with E-state index in [-0.39, 0.29) is 5.91 Å². The van der Waals surface area contributed by atoms with E-state index in [0.29, 0.717) is 12.1 Å². The maximum atomic E-state index is 12.5. The first-order valence-electron chi connectivity index (χ1n) is 6.97. The van der Waals surface area contributed by atoms with Crippen LogP contribution in [0.25, 0.3) is 0 Å². The zero-order valence-electron chi connectivity index (χ0n) is 12.3. The molecule has 0 aliphatic heterocycles. The van der Waals surface area contributed by atoms with Crippen molar-refractivity contribution in [1.29, 1.82) is 0 Å². The summed E-state index contributed by atoms with van der Waals surface area (Å²) in [5.41, 5.74) is 1.65. The molecule has 19 heavy (non-hydrogen) atoms. The molecule has 1 saturated carbocycles. The van der Waals surface area contributed by atoms with Crippen molar-refractivity contribution in [2.24, 2.45) is 7.05 Å². The summed E-state index contributed by atoms with van der Waals surface area (Å²) < 4.78 is 1.75. The van der Waals surface area contributed by atoms with E-state index in [1.54, 1.807) is 10.9 Å². The Hall–Kier alpha value is -1.36. The minimum absolute atomic E-state index is 0.0958. The van der Waals surface area contributed by atoms with Crippen molar-refractivity contribution in [3.63, 3.8) is 0 Å².